The first kappa shape index (κ1) is 22.5. The molecule has 7 heteroatoms. The second kappa shape index (κ2) is 11.2. The topological polar surface area (TPSA) is 60.0 Å². The summed E-state index contributed by atoms with van der Waals surface area (Å²) in [5.74, 6) is 1.06. The number of hydrogen-bond acceptors (Lipinski definition) is 3. The van der Waals surface area contributed by atoms with E-state index in [0.29, 0.717) is 6.54 Å². The van der Waals surface area contributed by atoms with Crippen LogP contribution in [0.1, 0.15) is 44.9 Å². The molecule has 0 aromatic heterocycles. The molecule has 0 aromatic rings. The van der Waals surface area contributed by atoms with E-state index in [1.54, 1.807) is 11.9 Å². The van der Waals surface area contributed by atoms with Crippen LogP contribution in [-0.2, 0) is 4.79 Å². The van der Waals surface area contributed by atoms with Crippen molar-refractivity contribution in [3.8, 4) is 0 Å². The summed E-state index contributed by atoms with van der Waals surface area (Å²) in [6, 6.07) is 0. The number of halogens is 1. The van der Waals surface area contributed by atoms with E-state index in [1.807, 2.05) is 14.1 Å². The molecule has 25 heavy (non-hydrogen) atoms. The van der Waals surface area contributed by atoms with Gasteiger partial charge in [-0.1, -0.05) is 19.3 Å². The van der Waals surface area contributed by atoms with Crippen LogP contribution < -0.4 is 10.6 Å². The average molecular weight is 465 g/mol. The van der Waals surface area contributed by atoms with Gasteiger partial charge in [0.2, 0.25) is 5.91 Å². The Bertz CT molecular complexity index is 429. The van der Waals surface area contributed by atoms with Crippen molar-refractivity contribution in [2.24, 2.45) is 10.4 Å². The first-order valence-corrected chi connectivity index (χ1v) is 9.46. The molecule has 2 fully saturated rings. The van der Waals surface area contributed by atoms with Gasteiger partial charge >= 0.3 is 0 Å². The van der Waals surface area contributed by atoms with E-state index in [4.69, 9.17) is 0 Å². The first-order chi connectivity index (χ1) is 11.6. The third-order valence-corrected chi connectivity index (χ3v) is 5.41. The van der Waals surface area contributed by atoms with Crippen molar-refractivity contribution in [1.29, 1.82) is 0 Å². The summed E-state index contributed by atoms with van der Waals surface area (Å²) in [4.78, 5) is 21.2. The standard InChI is InChI=1S/C18H35N5O.HI/c1-19-17(20-11-14-23-12-7-4-8-13-23)21-15-18(9-5-6-10-18)16(24)22(2)3;/h4-15H2,1-3H3,(H2,19,20,21);1H. The Balaban J connectivity index is 0.00000312. The van der Waals surface area contributed by atoms with E-state index >= 15 is 0 Å². The predicted molar refractivity (Wildman–Crippen MR) is 115 cm³/mol. The highest BCUT2D eigenvalue weighted by Gasteiger charge is 2.42. The van der Waals surface area contributed by atoms with E-state index in [1.165, 1.54) is 32.4 Å². The Kier molecular flexibility index (Phi) is 10.1. The Morgan fingerprint density at radius 3 is 2.28 bits per heavy atom. The lowest BCUT2D eigenvalue weighted by Gasteiger charge is -2.31. The fraction of sp³-hybridized carbons (Fsp3) is 0.889. The van der Waals surface area contributed by atoms with Crippen LogP contribution in [0.2, 0.25) is 0 Å². The van der Waals surface area contributed by atoms with E-state index < -0.39 is 0 Å². The van der Waals surface area contributed by atoms with Gasteiger partial charge in [0.25, 0.3) is 0 Å². The summed E-state index contributed by atoms with van der Waals surface area (Å²) in [5.41, 5.74) is -0.256. The first-order valence-electron chi connectivity index (χ1n) is 9.46. The number of rotatable bonds is 6. The summed E-state index contributed by atoms with van der Waals surface area (Å²) in [7, 11) is 5.51. The Morgan fingerprint density at radius 2 is 1.72 bits per heavy atom. The zero-order valence-corrected chi connectivity index (χ0v) is 18.5. The van der Waals surface area contributed by atoms with Gasteiger partial charge in [0.05, 0.1) is 5.41 Å². The third-order valence-electron chi connectivity index (χ3n) is 5.41. The molecule has 2 aliphatic rings. The number of likely N-dealkylation sites (tertiary alicyclic amines) is 1. The summed E-state index contributed by atoms with van der Waals surface area (Å²) < 4.78 is 0. The maximum absolute atomic E-state index is 12.6. The minimum atomic E-state index is -0.256. The normalized spacial score (nSPS) is 20.7. The number of nitrogens with zero attached hydrogens (tertiary/aromatic N) is 3. The molecule has 0 radical (unpaired) electrons. The smallest absolute Gasteiger partial charge is 0.230 e. The van der Waals surface area contributed by atoms with Crippen LogP contribution in [0.5, 0.6) is 0 Å². The van der Waals surface area contributed by atoms with Crippen molar-refractivity contribution in [2.75, 3.05) is 53.9 Å². The van der Waals surface area contributed by atoms with Gasteiger partial charge in [0.1, 0.15) is 0 Å². The molecule has 6 nitrogen and oxygen atoms in total. The molecule has 1 aliphatic carbocycles. The maximum Gasteiger partial charge on any atom is 0.230 e. The number of carbonyl (C=O) groups excluding carboxylic acids is 1. The SMILES string of the molecule is CN=C(NCCN1CCCCC1)NCC1(C(=O)N(C)C)CCCC1.I. The lowest BCUT2D eigenvalue weighted by Crippen LogP contribution is -2.50. The molecule has 1 heterocycles. The predicted octanol–water partition coefficient (Wildman–Crippen LogP) is 1.90. The van der Waals surface area contributed by atoms with Gasteiger partial charge in [-0.05, 0) is 38.8 Å². The molecule has 0 aromatic carbocycles. The van der Waals surface area contributed by atoms with Gasteiger partial charge in [-0.2, -0.15) is 0 Å². The van der Waals surface area contributed by atoms with Crippen LogP contribution in [0.4, 0.5) is 0 Å². The van der Waals surface area contributed by atoms with E-state index in [0.717, 1.165) is 44.7 Å². The van der Waals surface area contributed by atoms with Gasteiger partial charge < -0.3 is 20.4 Å². The second-order valence-corrected chi connectivity index (χ2v) is 7.44. The molecule has 0 atom stereocenters. The number of nitrogens with one attached hydrogen (secondary N) is 2. The largest absolute Gasteiger partial charge is 0.355 e. The minimum absolute atomic E-state index is 0. The van der Waals surface area contributed by atoms with Gasteiger partial charge in [-0.15, -0.1) is 24.0 Å². The van der Waals surface area contributed by atoms with Gasteiger partial charge in [0, 0.05) is 40.8 Å². The van der Waals surface area contributed by atoms with Crippen LogP contribution in [0.25, 0.3) is 0 Å². The molecule has 2 rings (SSSR count). The van der Waals surface area contributed by atoms with Crippen molar-refractivity contribution in [2.45, 2.75) is 44.9 Å². The highest BCUT2D eigenvalue weighted by molar-refractivity contribution is 14.0. The summed E-state index contributed by atoms with van der Waals surface area (Å²) in [6.45, 7) is 5.06. The molecule has 0 spiro atoms. The number of carbonyl (C=O) groups is 1. The number of hydrogen-bond donors (Lipinski definition) is 2. The third kappa shape index (κ3) is 6.58. The maximum atomic E-state index is 12.6. The van der Waals surface area contributed by atoms with Crippen LogP contribution in [0.15, 0.2) is 4.99 Å². The van der Waals surface area contributed by atoms with E-state index in [9.17, 15) is 4.79 Å². The number of guanidine groups is 1. The molecule has 1 saturated carbocycles. The Morgan fingerprint density at radius 1 is 1.08 bits per heavy atom. The van der Waals surface area contributed by atoms with Crippen LogP contribution in [-0.4, -0.2) is 75.5 Å². The molecular formula is C18H36IN5O. The van der Waals surface area contributed by atoms with Gasteiger partial charge in [-0.25, -0.2) is 0 Å². The van der Waals surface area contributed by atoms with Crippen molar-refractivity contribution in [3.63, 3.8) is 0 Å². The van der Waals surface area contributed by atoms with Crippen molar-refractivity contribution in [1.82, 2.24) is 20.4 Å². The Hall–Kier alpha value is -0.570. The summed E-state index contributed by atoms with van der Waals surface area (Å²) >= 11 is 0. The van der Waals surface area contributed by atoms with Crippen molar-refractivity contribution >= 4 is 35.8 Å². The summed E-state index contributed by atoms with van der Waals surface area (Å²) in [6.07, 6.45) is 8.24. The molecule has 0 unspecified atom stereocenters. The van der Waals surface area contributed by atoms with Gasteiger partial charge in [-0.3, -0.25) is 9.79 Å². The lowest BCUT2D eigenvalue weighted by molar-refractivity contribution is -0.138. The van der Waals surface area contributed by atoms with Crippen LogP contribution >= 0.6 is 24.0 Å². The number of amides is 1. The van der Waals surface area contributed by atoms with E-state index in [-0.39, 0.29) is 35.3 Å². The zero-order valence-electron chi connectivity index (χ0n) is 16.1. The number of piperidine rings is 1. The monoisotopic (exact) mass is 465 g/mol. The molecule has 1 saturated heterocycles. The molecular weight excluding hydrogens is 429 g/mol. The fourth-order valence-corrected chi connectivity index (χ4v) is 3.98. The highest BCUT2D eigenvalue weighted by Crippen LogP contribution is 2.38. The zero-order chi connectivity index (χ0) is 17.4. The molecule has 2 N–H and O–H groups in total. The number of aliphatic imine (C=N–C) groups is 1. The van der Waals surface area contributed by atoms with E-state index in [2.05, 4.69) is 20.5 Å². The molecule has 0 bridgehead atoms. The highest BCUT2D eigenvalue weighted by atomic mass is 127. The average Bonchev–Trinajstić information content (AvgIpc) is 3.08. The molecule has 1 amide bonds. The Labute approximate surface area is 170 Å². The second-order valence-electron chi connectivity index (χ2n) is 7.44. The van der Waals surface area contributed by atoms with Crippen molar-refractivity contribution < 1.29 is 4.79 Å². The lowest BCUT2D eigenvalue weighted by atomic mass is 9.84. The molecule has 1 aliphatic heterocycles. The minimum Gasteiger partial charge on any atom is -0.355 e. The summed E-state index contributed by atoms with van der Waals surface area (Å²) in [5, 5.41) is 6.80. The quantitative estimate of drug-likeness (QED) is 0.358. The van der Waals surface area contributed by atoms with Crippen LogP contribution in [0.3, 0.4) is 0 Å². The van der Waals surface area contributed by atoms with Crippen LogP contribution in [0, 0.1) is 5.41 Å². The molecule has 146 valence electrons. The fourth-order valence-electron chi connectivity index (χ4n) is 3.98. The van der Waals surface area contributed by atoms with Gasteiger partial charge in [0.15, 0.2) is 5.96 Å². The van der Waals surface area contributed by atoms with Crippen molar-refractivity contribution in [3.05, 3.63) is 0 Å².